The van der Waals surface area contributed by atoms with E-state index in [9.17, 15) is 0 Å². The Morgan fingerprint density at radius 1 is 1.04 bits per heavy atom. The average molecular weight is 333 g/mol. The van der Waals surface area contributed by atoms with E-state index in [0.29, 0.717) is 6.04 Å². The van der Waals surface area contributed by atoms with Gasteiger partial charge < -0.3 is 14.4 Å². The molecule has 5 heteroatoms. The summed E-state index contributed by atoms with van der Waals surface area (Å²) in [7, 11) is 7.96. The van der Waals surface area contributed by atoms with Crippen LogP contribution in [0.3, 0.4) is 0 Å². The number of benzene rings is 1. The second kappa shape index (κ2) is 7.30. The van der Waals surface area contributed by atoms with Gasteiger partial charge in [0.2, 0.25) is 0 Å². The second-order valence-electron chi connectivity index (χ2n) is 7.15. The maximum atomic E-state index is 5.88. The standard InChI is InChI=1S/C19H31N3O2/c1-14-18-16(6-7-21(14)3)19(24-5)15(12-17(18)23-4)13-22-10-8-20(2)9-11-22/h12,14H,6-11,13H2,1-5H3. The highest BCUT2D eigenvalue weighted by atomic mass is 16.5. The van der Waals surface area contributed by atoms with Gasteiger partial charge in [0.25, 0.3) is 0 Å². The number of likely N-dealkylation sites (N-methyl/N-ethyl adjacent to an activating group) is 2. The topological polar surface area (TPSA) is 28.2 Å². The Balaban J connectivity index is 1.95. The number of rotatable bonds is 4. The molecule has 0 aromatic heterocycles. The summed E-state index contributed by atoms with van der Waals surface area (Å²) in [6.45, 7) is 8.73. The zero-order valence-electron chi connectivity index (χ0n) is 15.8. The summed E-state index contributed by atoms with van der Waals surface area (Å²) in [5.74, 6) is 2.08. The normalized spacial score (nSPS) is 23.1. The second-order valence-corrected chi connectivity index (χ2v) is 7.15. The van der Waals surface area contributed by atoms with Crippen LogP contribution >= 0.6 is 0 Å². The number of hydrogen-bond acceptors (Lipinski definition) is 5. The van der Waals surface area contributed by atoms with Crippen molar-refractivity contribution in [1.82, 2.24) is 14.7 Å². The van der Waals surface area contributed by atoms with Crippen LogP contribution < -0.4 is 9.47 Å². The summed E-state index contributed by atoms with van der Waals surface area (Å²) in [6, 6.07) is 2.56. The van der Waals surface area contributed by atoms with E-state index in [1.165, 1.54) is 16.7 Å². The SMILES string of the molecule is COc1cc(CN2CCN(C)CC2)c(OC)c2c1C(C)N(C)CC2. The zero-order valence-corrected chi connectivity index (χ0v) is 15.8. The maximum absolute atomic E-state index is 5.88. The summed E-state index contributed by atoms with van der Waals surface area (Å²) in [5, 5.41) is 0. The minimum absolute atomic E-state index is 0.357. The molecule has 1 aromatic carbocycles. The van der Waals surface area contributed by atoms with Crippen LogP contribution in [0.4, 0.5) is 0 Å². The summed E-state index contributed by atoms with van der Waals surface area (Å²) in [6.07, 6.45) is 1.02. The van der Waals surface area contributed by atoms with Crippen LogP contribution in [0.2, 0.25) is 0 Å². The fourth-order valence-electron chi connectivity index (χ4n) is 3.96. The number of ether oxygens (including phenoxy) is 2. The number of piperazine rings is 1. The van der Waals surface area contributed by atoms with Gasteiger partial charge in [-0.05, 0) is 33.5 Å². The molecule has 134 valence electrons. The van der Waals surface area contributed by atoms with Crippen LogP contribution in [0.1, 0.15) is 29.7 Å². The van der Waals surface area contributed by atoms with E-state index in [4.69, 9.17) is 9.47 Å². The van der Waals surface area contributed by atoms with Crippen LogP contribution in [0.25, 0.3) is 0 Å². The molecular weight excluding hydrogens is 302 g/mol. The Kier molecular flexibility index (Phi) is 5.33. The summed E-state index contributed by atoms with van der Waals surface area (Å²) >= 11 is 0. The molecule has 1 unspecified atom stereocenters. The predicted octanol–water partition coefficient (Wildman–Crippen LogP) is 2.00. The number of methoxy groups -OCH3 is 2. The van der Waals surface area contributed by atoms with E-state index in [2.05, 4.69) is 41.8 Å². The van der Waals surface area contributed by atoms with Crippen LogP contribution in [0.15, 0.2) is 6.07 Å². The molecule has 0 spiro atoms. The molecule has 1 aromatic rings. The van der Waals surface area contributed by atoms with E-state index < -0.39 is 0 Å². The highest BCUT2D eigenvalue weighted by Crippen LogP contribution is 2.42. The lowest BCUT2D eigenvalue weighted by atomic mass is 9.89. The third-order valence-corrected chi connectivity index (χ3v) is 5.67. The first kappa shape index (κ1) is 17.5. The summed E-state index contributed by atoms with van der Waals surface area (Å²) in [4.78, 5) is 7.28. The molecule has 2 aliphatic heterocycles. The van der Waals surface area contributed by atoms with Crippen molar-refractivity contribution < 1.29 is 9.47 Å². The Morgan fingerprint density at radius 3 is 2.38 bits per heavy atom. The van der Waals surface area contributed by atoms with Gasteiger partial charge in [0.15, 0.2) is 0 Å². The highest BCUT2D eigenvalue weighted by molar-refractivity contribution is 5.56. The number of nitrogens with zero attached hydrogens (tertiary/aromatic N) is 3. The van der Waals surface area contributed by atoms with Crippen molar-refractivity contribution in [2.75, 3.05) is 61.0 Å². The molecule has 1 fully saturated rings. The van der Waals surface area contributed by atoms with Crippen molar-refractivity contribution in [3.63, 3.8) is 0 Å². The molecule has 0 amide bonds. The van der Waals surface area contributed by atoms with Crippen LogP contribution in [-0.2, 0) is 13.0 Å². The van der Waals surface area contributed by atoms with Crippen molar-refractivity contribution in [2.24, 2.45) is 0 Å². The molecule has 0 aliphatic carbocycles. The van der Waals surface area contributed by atoms with Crippen LogP contribution in [-0.4, -0.2) is 75.7 Å². The minimum atomic E-state index is 0.357. The van der Waals surface area contributed by atoms with Gasteiger partial charge in [0.05, 0.1) is 14.2 Å². The number of hydrogen-bond donors (Lipinski definition) is 0. The smallest absolute Gasteiger partial charge is 0.127 e. The van der Waals surface area contributed by atoms with Crippen molar-refractivity contribution in [3.8, 4) is 11.5 Å². The van der Waals surface area contributed by atoms with E-state index in [1.807, 2.05) is 0 Å². The lowest BCUT2D eigenvalue weighted by molar-refractivity contribution is 0.146. The summed E-state index contributed by atoms with van der Waals surface area (Å²) < 4.78 is 11.6. The van der Waals surface area contributed by atoms with E-state index in [1.54, 1.807) is 14.2 Å². The lowest BCUT2D eigenvalue weighted by Gasteiger charge is -2.36. The molecule has 2 aliphatic rings. The molecular formula is C19H31N3O2. The Morgan fingerprint density at radius 2 is 1.75 bits per heavy atom. The van der Waals surface area contributed by atoms with Gasteiger partial charge in [-0.1, -0.05) is 0 Å². The molecule has 0 saturated carbocycles. The lowest BCUT2D eigenvalue weighted by Crippen LogP contribution is -2.44. The molecule has 5 nitrogen and oxygen atoms in total. The summed E-state index contributed by atoms with van der Waals surface area (Å²) in [5.41, 5.74) is 3.89. The Labute approximate surface area is 146 Å². The van der Waals surface area contributed by atoms with Gasteiger partial charge in [-0.15, -0.1) is 0 Å². The monoisotopic (exact) mass is 333 g/mol. The fourth-order valence-corrected chi connectivity index (χ4v) is 3.96. The third-order valence-electron chi connectivity index (χ3n) is 5.67. The van der Waals surface area contributed by atoms with Crippen LogP contribution in [0, 0.1) is 0 Å². The molecule has 2 heterocycles. The predicted molar refractivity (Wildman–Crippen MR) is 97.1 cm³/mol. The van der Waals surface area contributed by atoms with Gasteiger partial charge >= 0.3 is 0 Å². The molecule has 0 bridgehead atoms. The van der Waals surface area contributed by atoms with E-state index in [-0.39, 0.29) is 0 Å². The van der Waals surface area contributed by atoms with E-state index >= 15 is 0 Å². The largest absolute Gasteiger partial charge is 0.496 e. The first-order valence-electron chi connectivity index (χ1n) is 8.93. The number of fused-ring (bicyclic) bond motifs is 1. The Hall–Kier alpha value is -1.30. The average Bonchev–Trinajstić information content (AvgIpc) is 2.59. The molecule has 3 rings (SSSR count). The van der Waals surface area contributed by atoms with Gasteiger partial charge in [-0.25, -0.2) is 0 Å². The maximum Gasteiger partial charge on any atom is 0.127 e. The fraction of sp³-hybridized carbons (Fsp3) is 0.684. The first-order chi connectivity index (χ1) is 11.5. The van der Waals surface area contributed by atoms with Gasteiger partial charge in [-0.2, -0.15) is 0 Å². The van der Waals surface area contributed by atoms with Crippen molar-refractivity contribution in [1.29, 1.82) is 0 Å². The van der Waals surface area contributed by atoms with Crippen molar-refractivity contribution in [3.05, 3.63) is 22.8 Å². The van der Waals surface area contributed by atoms with E-state index in [0.717, 1.165) is 57.2 Å². The quantitative estimate of drug-likeness (QED) is 0.840. The Bertz CT molecular complexity index is 582. The van der Waals surface area contributed by atoms with Gasteiger partial charge in [0.1, 0.15) is 11.5 Å². The minimum Gasteiger partial charge on any atom is -0.496 e. The molecule has 0 radical (unpaired) electrons. The van der Waals surface area contributed by atoms with Gasteiger partial charge in [0, 0.05) is 62.0 Å². The first-order valence-corrected chi connectivity index (χ1v) is 8.93. The molecule has 1 atom stereocenters. The van der Waals surface area contributed by atoms with Crippen LogP contribution in [0.5, 0.6) is 11.5 Å². The van der Waals surface area contributed by atoms with Crippen molar-refractivity contribution in [2.45, 2.75) is 25.9 Å². The highest BCUT2D eigenvalue weighted by Gasteiger charge is 2.29. The molecule has 24 heavy (non-hydrogen) atoms. The molecule has 1 saturated heterocycles. The zero-order chi connectivity index (χ0) is 17.3. The third kappa shape index (κ3) is 3.25. The molecule has 0 N–H and O–H groups in total. The van der Waals surface area contributed by atoms with Crippen molar-refractivity contribution >= 4 is 0 Å². The van der Waals surface area contributed by atoms with Gasteiger partial charge in [-0.3, -0.25) is 9.80 Å².